The molecule has 0 unspecified atom stereocenters. The first-order valence-electron chi connectivity index (χ1n) is 5.29. The normalized spacial score (nSPS) is 18.2. The van der Waals surface area contributed by atoms with Gasteiger partial charge in [-0.1, -0.05) is 20.8 Å². The Balaban J connectivity index is 2.02. The van der Waals surface area contributed by atoms with Crippen molar-refractivity contribution >= 4 is 0 Å². The number of hydrogen-bond donors (Lipinski definition) is 1. The highest BCUT2D eigenvalue weighted by atomic mass is 15.3. The molecule has 0 bridgehead atoms. The molecule has 0 radical (unpaired) electrons. The van der Waals surface area contributed by atoms with Gasteiger partial charge in [-0.2, -0.15) is 5.10 Å². The topological polar surface area (TPSA) is 29.9 Å². The van der Waals surface area contributed by atoms with Crippen LogP contribution in [0, 0.1) is 5.92 Å². The van der Waals surface area contributed by atoms with Gasteiger partial charge in [-0.25, -0.2) is 0 Å². The van der Waals surface area contributed by atoms with Gasteiger partial charge in [0.15, 0.2) is 0 Å². The monoisotopic (exact) mass is 193 g/mol. The van der Waals surface area contributed by atoms with Gasteiger partial charge in [0.25, 0.3) is 0 Å². The van der Waals surface area contributed by atoms with Gasteiger partial charge in [0.1, 0.15) is 0 Å². The van der Waals surface area contributed by atoms with E-state index in [0.717, 1.165) is 25.6 Å². The molecule has 1 saturated heterocycles. The average molecular weight is 193 g/mol. The van der Waals surface area contributed by atoms with Crippen molar-refractivity contribution in [1.29, 1.82) is 0 Å². The maximum absolute atomic E-state index is 4.39. The van der Waals surface area contributed by atoms with Crippen LogP contribution in [0.25, 0.3) is 0 Å². The second-order valence-electron chi connectivity index (χ2n) is 5.23. The molecule has 2 rings (SSSR count). The SMILES string of the molecule is CC(C)(C)c1cnn(CC2CNC2)c1. The minimum atomic E-state index is 0.218. The van der Waals surface area contributed by atoms with Crippen LogP contribution < -0.4 is 5.32 Å². The van der Waals surface area contributed by atoms with Crippen LogP contribution in [-0.2, 0) is 12.0 Å². The number of nitrogens with one attached hydrogen (secondary N) is 1. The highest BCUT2D eigenvalue weighted by Gasteiger charge is 2.19. The van der Waals surface area contributed by atoms with Gasteiger partial charge in [-0.15, -0.1) is 0 Å². The molecule has 14 heavy (non-hydrogen) atoms. The molecule has 0 atom stereocenters. The van der Waals surface area contributed by atoms with Crippen molar-refractivity contribution in [3.05, 3.63) is 18.0 Å². The fourth-order valence-electron chi connectivity index (χ4n) is 1.59. The van der Waals surface area contributed by atoms with Crippen molar-refractivity contribution in [3.8, 4) is 0 Å². The second kappa shape index (κ2) is 3.39. The van der Waals surface area contributed by atoms with E-state index in [2.05, 4.69) is 42.1 Å². The van der Waals surface area contributed by atoms with E-state index in [1.807, 2.05) is 6.20 Å². The summed E-state index contributed by atoms with van der Waals surface area (Å²) in [5.41, 5.74) is 1.54. The Morgan fingerprint density at radius 1 is 1.50 bits per heavy atom. The molecule has 1 fully saturated rings. The van der Waals surface area contributed by atoms with Gasteiger partial charge >= 0.3 is 0 Å². The van der Waals surface area contributed by atoms with Crippen molar-refractivity contribution in [1.82, 2.24) is 15.1 Å². The summed E-state index contributed by atoms with van der Waals surface area (Å²) in [7, 11) is 0. The minimum absolute atomic E-state index is 0.218. The molecule has 0 aliphatic carbocycles. The zero-order chi connectivity index (χ0) is 10.2. The molecule has 0 aromatic carbocycles. The molecule has 1 aromatic rings. The molecule has 1 aliphatic heterocycles. The van der Waals surface area contributed by atoms with Crippen LogP contribution in [0.1, 0.15) is 26.3 Å². The molecule has 0 saturated carbocycles. The highest BCUT2D eigenvalue weighted by Crippen LogP contribution is 2.21. The van der Waals surface area contributed by atoms with Crippen LogP contribution in [0.4, 0.5) is 0 Å². The lowest BCUT2D eigenvalue weighted by Crippen LogP contribution is -2.44. The number of hydrogen-bond acceptors (Lipinski definition) is 2. The van der Waals surface area contributed by atoms with Crippen molar-refractivity contribution < 1.29 is 0 Å². The van der Waals surface area contributed by atoms with Crippen molar-refractivity contribution in [2.24, 2.45) is 5.92 Å². The van der Waals surface area contributed by atoms with Crippen LogP contribution in [0.15, 0.2) is 12.4 Å². The summed E-state index contributed by atoms with van der Waals surface area (Å²) in [6, 6.07) is 0. The summed E-state index contributed by atoms with van der Waals surface area (Å²) in [5.74, 6) is 0.780. The molecule has 0 amide bonds. The minimum Gasteiger partial charge on any atom is -0.316 e. The maximum atomic E-state index is 4.39. The third-order valence-corrected chi connectivity index (χ3v) is 2.81. The number of nitrogens with zero attached hydrogens (tertiary/aromatic N) is 2. The predicted octanol–water partition coefficient (Wildman–Crippen LogP) is 1.40. The number of aromatic nitrogens is 2. The smallest absolute Gasteiger partial charge is 0.0527 e. The lowest BCUT2D eigenvalue weighted by atomic mass is 9.90. The Hall–Kier alpha value is -0.830. The summed E-state index contributed by atoms with van der Waals surface area (Å²) in [4.78, 5) is 0. The van der Waals surface area contributed by atoms with E-state index in [1.54, 1.807) is 0 Å². The maximum Gasteiger partial charge on any atom is 0.0527 e. The van der Waals surface area contributed by atoms with Gasteiger partial charge in [-0.3, -0.25) is 4.68 Å². The largest absolute Gasteiger partial charge is 0.316 e. The van der Waals surface area contributed by atoms with Crippen molar-refractivity contribution in [2.75, 3.05) is 13.1 Å². The summed E-state index contributed by atoms with van der Waals surface area (Å²) in [6.45, 7) is 10.0. The quantitative estimate of drug-likeness (QED) is 0.769. The molecule has 78 valence electrons. The van der Waals surface area contributed by atoms with Crippen LogP contribution in [0.3, 0.4) is 0 Å². The third kappa shape index (κ3) is 1.98. The predicted molar refractivity (Wildman–Crippen MR) is 57.3 cm³/mol. The van der Waals surface area contributed by atoms with Crippen LogP contribution in [0.2, 0.25) is 0 Å². The summed E-state index contributed by atoms with van der Waals surface area (Å²) < 4.78 is 2.08. The van der Waals surface area contributed by atoms with Gasteiger partial charge in [0, 0.05) is 31.7 Å². The first kappa shape index (κ1) is 9.71. The van der Waals surface area contributed by atoms with Gasteiger partial charge in [0.05, 0.1) is 6.20 Å². The first-order chi connectivity index (χ1) is 6.55. The van der Waals surface area contributed by atoms with E-state index < -0.39 is 0 Å². The van der Waals surface area contributed by atoms with E-state index in [1.165, 1.54) is 5.56 Å². The van der Waals surface area contributed by atoms with Crippen molar-refractivity contribution in [2.45, 2.75) is 32.7 Å². The molecule has 0 spiro atoms. The van der Waals surface area contributed by atoms with Crippen molar-refractivity contribution in [3.63, 3.8) is 0 Å². The summed E-state index contributed by atoms with van der Waals surface area (Å²) >= 11 is 0. The van der Waals surface area contributed by atoms with E-state index in [9.17, 15) is 0 Å². The lowest BCUT2D eigenvalue weighted by Gasteiger charge is -2.26. The first-order valence-corrected chi connectivity index (χ1v) is 5.29. The molecule has 2 heterocycles. The van der Waals surface area contributed by atoms with E-state index in [-0.39, 0.29) is 5.41 Å². The molecule has 3 heteroatoms. The number of rotatable bonds is 2. The Kier molecular flexibility index (Phi) is 2.35. The van der Waals surface area contributed by atoms with E-state index in [0.29, 0.717) is 0 Å². The van der Waals surface area contributed by atoms with Gasteiger partial charge in [-0.05, 0) is 11.0 Å². The molecule has 1 aliphatic rings. The van der Waals surface area contributed by atoms with Crippen LogP contribution >= 0.6 is 0 Å². The Bertz CT molecular complexity index is 305. The molecule has 1 aromatic heterocycles. The van der Waals surface area contributed by atoms with E-state index in [4.69, 9.17) is 0 Å². The Morgan fingerprint density at radius 3 is 2.64 bits per heavy atom. The Morgan fingerprint density at radius 2 is 2.21 bits per heavy atom. The molecule has 1 N–H and O–H groups in total. The molecular weight excluding hydrogens is 174 g/mol. The summed E-state index contributed by atoms with van der Waals surface area (Å²) in [5, 5.41) is 7.67. The summed E-state index contributed by atoms with van der Waals surface area (Å²) in [6.07, 6.45) is 4.17. The third-order valence-electron chi connectivity index (χ3n) is 2.81. The molecule has 3 nitrogen and oxygen atoms in total. The highest BCUT2D eigenvalue weighted by molar-refractivity contribution is 5.15. The van der Waals surface area contributed by atoms with E-state index >= 15 is 0 Å². The van der Waals surface area contributed by atoms with Gasteiger partial charge < -0.3 is 5.32 Å². The van der Waals surface area contributed by atoms with Crippen LogP contribution in [0.5, 0.6) is 0 Å². The van der Waals surface area contributed by atoms with Crippen LogP contribution in [-0.4, -0.2) is 22.9 Å². The standard InChI is InChI=1S/C11H19N3/c1-11(2,3)10-6-13-14(8-10)7-9-4-12-5-9/h6,8-9,12H,4-5,7H2,1-3H3. The fourth-order valence-corrected chi connectivity index (χ4v) is 1.59. The molecular formula is C11H19N3. The fraction of sp³-hybridized carbons (Fsp3) is 0.727. The average Bonchev–Trinajstić information content (AvgIpc) is 2.43. The van der Waals surface area contributed by atoms with Gasteiger partial charge in [0.2, 0.25) is 0 Å². The zero-order valence-corrected chi connectivity index (χ0v) is 9.25. The second-order valence-corrected chi connectivity index (χ2v) is 5.23. The Labute approximate surface area is 85.5 Å². The zero-order valence-electron chi connectivity index (χ0n) is 9.25. The lowest BCUT2D eigenvalue weighted by molar-refractivity contribution is 0.295.